The van der Waals surface area contributed by atoms with E-state index < -0.39 is 0 Å². The molecule has 0 fully saturated rings. The number of halogens is 1. The maximum atomic E-state index is 4.31. The second kappa shape index (κ2) is 11.7. The Balaban J connectivity index is 0.00000280. The number of aromatic nitrogens is 4. The number of unbranched alkanes of at least 4 members (excludes halogenated alkanes) is 1. The molecule has 0 aliphatic heterocycles. The van der Waals surface area contributed by atoms with Crippen LogP contribution in [0.4, 0.5) is 0 Å². The highest BCUT2D eigenvalue weighted by atomic mass is 127. The molecule has 8 heteroatoms. The van der Waals surface area contributed by atoms with Crippen LogP contribution in [0.2, 0.25) is 0 Å². The quantitative estimate of drug-likeness (QED) is 0.184. The molecule has 152 valence electrons. The van der Waals surface area contributed by atoms with E-state index in [0.29, 0.717) is 0 Å². The van der Waals surface area contributed by atoms with Crippen LogP contribution >= 0.6 is 24.0 Å². The number of aromatic amines is 1. The molecule has 0 atom stereocenters. The summed E-state index contributed by atoms with van der Waals surface area (Å²) in [4.78, 5) is 7.74. The van der Waals surface area contributed by atoms with Crippen LogP contribution in [0.1, 0.15) is 30.9 Å². The number of para-hydroxylation sites is 1. The third-order valence-corrected chi connectivity index (χ3v) is 4.78. The lowest BCUT2D eigenvalue weighted by molar-refractivity contribution is 0.597. The number of fused-ring (bicyclic) bond motifs is 1. The molecule has 0 unspecified atom stereocenters. The summed E-state index contributed by atoms with van der Waals surface area (Å²) in [5.74, 6) is 0.855. The highest BCUT2D eigenvalue weighted by Gasteiger charge is 2.06. The maximum Gasteiger partial charge on any atom is 0.190 e. The zero-order valence-corrected chi connectivity index (χ0v) is 18.9. The van der Waals surface area contributed by atoms with Crippen molar-refractivity contribution in [2.75, 3.05) is 20.1 Å². The number of aliphatic imine (C=N–C) groups is 1. The fourth-order valence-corrected chi connectivity index (χ4v) is 3.28. The smallest absolute Gasteiger partial charge is 0.190 e. The van der Waals surface area contributed by atoms with E-state index in [9.17, 15) is 0 Å². The number of nitrogens with zero attached hydrogens (tertiary/aromatic N) is 4. The predicted molar refractivity (Wildman–Crippen MR) is 125 cm³/mol. The standard InChI is InChI=1S/C20H29N7.HI/c1-3-16-7-6-8-18-17(13-24-19(16)18)9-11-23-20(21-2)22-10-4-5-12-27-14-25-26-15-27;/h6-8,13-15,24H,3-5,9-12H2,1-2H3,(H2,21,22,23);1H. The first-order chi connectivity index (χ1) is 13.3. The topological polar surface area (TPSA) is 82.9 Å². The summed E-state index contributed by atoms with van der Waals surface area (Å²) < 4.78 is 2.00. The van der Waals surface area contributed by atoms with Crippen molar-refractivity contribution in [3.63, 3.8) is 0 Å². The summed E-state index contributed by atoms with van der Waals surface area (Å²) in [6.07, 6.45) is 9.79. The molecule has 0 spiro atoms. The van der Waals surface area contributed by atoms with Crippen molar-refractivity contribution >= 4 is 40.8 Å². The summed E-state index contributed by atoms with van der Waals surface area (Å²) in [5.41, 5.74) is 3.98. The Bertz CT molecular complexity index is 855. The minimum Gasteiger partial charge on any atom is -0.361 e. The summed E-state index contributed by atoms with van der Waals surface area (Å²) in [7, 11) is 1.81. The van der Waals surface area contributed by atoms with Gasteiger partial charge in [-0.2, -0.15) is 0 Å². The zero-order valence-electron chi connectivity index (χ0n) is 16.6. The van der Waals surface area contributed by atoms with Crippen molar-refractivity contribution in [2.24, 2.45) is 4.99 Å². The van der Waals surface area contributed by atoms with E-state index in [-0.39, 0.29) is 24.0 Å². The third-order valence-electron chi connectivity index (χ3n) is 4.78. The average Bonchev–Trinajstić information content (AvgIpc) is 3.36. The van der Waals surface area contributed by atoms with Crippen LogP contribution < -0.4 is 10.6 Å². The number of nitrogens with one attached hydrogen (secondary N) is 3. The van der Waals surface area contributed by atoms with E-state index in [1.807, 2.05) is 11.6 Å². The Kier molecular flexibility index (Phi) is 9.26. The lowest BCUT2D eigenvalue weighted by Gasteiger charge is -2.11. The van der Waals surface area contributed by atoms with Crippen molar-refractivity contribution in [1.29, 1.82) is 0 Å². The molecular weight excluding hydrogens is 465 g/mol. The Morgan fingerprint density at radius 1 is 1.11 bits per heavy atom. The molecule has 2 heterocycles. The van der Waals surface area contributed by atoms with Crippen LogP contribution in [0.25, 0.3) is 10.9 Å². The fraction of sp³-hybridized carbons (Fsp3) is 0.450. The van der Waals surface area contributed by atoms with Crippen LogP contribution in [0.15, 0.2) is 42.0 Å². The van der Waals surface area contributed by atoms with Crippen LogP contribution in [-0.2, 0) is 19.4 Å². The van der Waals surface area contributed by atoms with Gasteiger partial charge in [0, 0.05) is 43.8 Å². The first-order valence-electron chi connectivity index (χ1n) is 9.66. The number of H-pyrrole nitrogens is 1. The second-order valence-electron chi connectivity index (χ2n) is 6.59. The maximum absolute atomic E-state index is 4.31. The second-order valence-corrected chi connectivity index (χ2v) is 6.59. The van der Waals surface area contributed by atoms with Crippen LogP contribution in [0.3, 0.4) is 0 Å². The summed E-state index contributed by atoms with van der Waals surface area (Å²) in [6, 6.07) is 6.53. The third kappa shape index (κ3) is 5.95. The van der Waals surface area contributed by atoms with E-state index in [1.165, 1.54) is 22.0 Å². The molecule has 0 amide bonds. The summed E-state index contributed by atoms with van der Waals surface area (Å²) in [5, 5.41) is 15.7. The normalized spacial score (nSPS) is 11.4. The van der Waals surface area contributed by atoms with Gasteiger partial charge in [-0.15, -0.1) is 34.2 Å². The van der Waals surface area contributed by atoms with Crippen molar-refractivity contribution in [3.05, 3.63) is 48.2 Å². The molecule has 3 N–H and O–H groups in total. The molecule has 1 aromatic carbocycles. The highest BCUT2D eigenvalue weighted by Crippen LogP contribution is 2.22. The Morgan fingerprint density at radius 3 is 2.64 bits per heavy atom. The molecule has 0 aliphatic carbocycles. The van der Waals surface area contributed by atoms with Gasteiger partial charge in [0.05, 0.1) is 0 Å². The number of benzene rings is 1. The number of hydrogen-bond donors (Lipinski definition) is 3. The van der Waals surface area contributed by atoms with Crippen molar-refractivity contribution < 1.29 is 0 Å². The fourth-order valence-electron chi connectivity index (χ4n) is 3.28. The first-order valence-corrected chi connectivity index (χ1v) is 9.66. The van der Waals surface area contributed by atoms with Gasteiger partial charge < -0.3 is 20.2 Å². The predicted octanol–water partition coefficient (Wildman–Crippen LogP) is 3.13. The van der Waals surface area contributed by atoms with Crippen LogP contribution in [-0.4, -0.2) is 45.8 Å². The summed E-state index contributed by atoms with van der Waals surface area (Å²) in [6.45, 7) is 4.89. The van der Waals surface area contributed by atoms with Gasteiger partial charge in [0.25, 0.3) is 0 Å². The Hall–Kier alpha value is -2.10. The molecule has 3 rings (SSSR count). The molecule has 2 aromatic heterocycles. The SMILES string of the molecule is CCc1cccc2c(CCNC(=NC)NCCCCn3cnnc3)c[nH]c12.I. The minimum atomic E-state index is 0. The lowest BCUT2D eigenvalue weighted by atomic mass is 10.1. The van der Waals surface area contributed by atoms with E-state index in [1.54, 1.807) is 12.7 Å². The monoisotopic (exact) mass is 495 g/mol. The van der Waals surface area contributed by atoms with Gasteiger partial charge in [0.2, 0.25) is 0 Å². The summed E-state index contributed by atoms with van der Waals surface area (Å²) >= 11 is 0. The lowest BCUT2D eigenvalue weighted by Crippen LogP contribution is -2.38. The highest BCUT2D eigenvalue weighted by molar-refractivity contribution is 14.0. The number of hydrogen-bond acceptors (Lipinski definition) is 3. The van der Waals surface area contributed by atoms with E-state index in [4.69, 9.17) is 0 Å². The van der Waals surface area contributed by atoms with E-state index in [0.717, 1.165) is 51.3 Å². The van der Waals surface area contributed by atoms with E-state index in [2.05, 4.69) is 62.1 Å². The largest absolute Gasteiger partial charge is 0.361 e. The molecule has 7 nitrogen and oxygen atoms in total. The van der Waals surface area contributed by atoms with Gasteiger partial charge in [-0.1, -0.05) is 25.1 Å². The molecular formula is C20H30IN7. The number of aryl methyl sites for hydroxylation is 2. The van der Waals surface area contributed by atoms with Gasteiger partial charge in [0.1, 0.15) is 12.7 Å². The molecule has 0 radical (unpaired) electrons. The van der Waals surface area contributed by atoms with Gasteiger partial charge in [-0.05, 0) is 36.8 Å². The Morgan fingerprint density at radius 2 is 1.89 bits per heavy atom. The number of guanidine groups is 1. The zero-order chi connectivity index (χ0) is 18.9. The van der Waals surface area contributed by atoms with Crippen molar-refractivity contribution in [3.8, 4) is 0 Å². The van der Waals surface area contributed by atoms with Crippen LogP contribution in [0, 0.1) is 0 Å². The molecule has 0 aliphatic rings. The van der Waals surface area contributed by atoms with Gasteiger partial charge in [-0.25, -0.2) is 0 Å². The van der Waals surface area contributed by atoms with Gasteiger partial charge in [-0.3, -0.25) is 4.99 Å². The Labute approximate surface area is 183 Å². The van der Waals surface area contributed by atoms with Gasteiger partial charge in [0.15, 0.2) is 5.96 Å². The molecule has 28 heavy (non-hydrogen) atoms. The molecule has 0 bridgehead atoms. The molecule has 3 aromatic rings. The number of rotatable bonds is 9. The van der Waals surface area contributed by atoms with Crippen molar-refractivity contribution in [2.45, 2.75) is 39.2 Å². The van der Waals surface area contributed by atoms with Crippen molar-refractivity contribution in [1.82, 2.24) is 30.4 Å². The first kappa shape index (κ1) is 22.2. The van der Waals surface area contributed by atoms with Gasteiger partial charge >= 0.3 is 0 Å². The minimum absolute atomic E-state index is 0. The molecule has 0 saturated carbocycles. The average molecular weight is 495 g/mol. The van der Waals surface area contributed by atoms with E-state index >= 15 is 0 Å². The molecule has 0 saturated heterocycles. The van der Waals surface area contributed by atoms with Crippen LogP contribution in [0.5, 0.6) is 0 Å².